The van der Waals surface area contributed by atoms with Crippen molar-refractivity contribution in [1.29, 1.82) is 0 Å². The summed E-state index contributed by atoms with van der Waals surface area (Å²) in [4.78, 5) is 0. The lowest BCUT2D eigenvalue weighted by Gasteiger charge is -2.11. The highest BCUT2D eigenvalue weighted by molar-refractivity contribution is 7.89. The van der Waals surface area contributed by atoms with Gasteiger partial charge in [0, 0.05) is 12.1 Å². The molecule has 0 aliphatic heterocycles. The van der Waals surface area contributed by atoms with Gasteiger partial charge in [0.15, 0.2) is 11.5 Å². The Balaban J connectivity index is 2.26. The quantitative estimate of drug-likeness (QED) is 0.831. The van der Waals surface area contributed by atoms with Crippen LogP contribution in [-0.4, -0.2) is 34.6 Å². The normalized spacial score (nSPS) is 13.9. The van der Waals surface area contributed by atoms with E-state index in [9.17, 15) is 8.42 Å². The molecule has 1 unspecified atom stereocenters. The summed E-state index contributed by atoms with van der Waals surface area (Å²) in [6.07, 6.45) is 1.79. The number of sulfonamides is 1. The zero-order valence-electron chi connectivity index (χ0n) is 9.75. The van der Waals surface area contributed by atoms with E-state index in [0.29, 0.717) is 11.5 Å². The number of pyridine rings is 1. The zero-order chi connectivity index (χ0) is 13.2. The molecule has 2 aromatic heterocycles. The fourth-order valence-corrected chi connectivity index (χ4v) is 3.21. The number of nitrogens with zero attached hydrogens (tertiary/aromatic N) is 3. The maximum absolute atomic E-state index is 11.6. The summed E-state index contributed by atoms with van der Waals surface area (Å²) in [5.41, 5.74) is 0.677. The van der Waals surface area contributed by atoms with Crippen molar-refractivity contribution in [3.63, 3.8) is 0 Å². The van der Waals surface area contributed by atoms with E-state index in [4.69, 9.17) is 11.6 Å². The van der Waals surface area contributed by atoms with E-state index in [1.54, 1.807) is 23.6 Å². The molecule has 2 heterocycles. The first-order valence-corrected chi connectivity index (χ1v) is 7.58. The van der Waals surface area contributed by atoms with E-state index in [1.165, 1.54) is 0 Å². The predicted octanol–water partition coefficient (Wildman–Crippen LogP) is 0.948. The predicted molar refractivity (Wildman–Crippen MR) is 69.0 cm³/mol. The largest absolute Gasteiger partial charge is 0.285 e. The Labute approximate surface area is 110 Å². The minimum atomic E-state index is -3.39. The molecule has 0 saturated carbocycles. The van der Waals surface area contributed by atoms with Gasteiger partial charge in [0.25, 0.3) is 0 Å². The average Bonchev–Trinajstić information content (AvgIpc) is 2.71. The van der Waals surface area contributed by atoms with Gasteiger partial charge in [-0.2, -0.15) is 0 Å². The van der Waals surface area contributed by atoms with E-state index in [1.807, 2.05) is 12.1 Å². The molecule has 6 nitrogen and oxygen atoms in total. The zero-order valence-corrected chi connectivity index (χ0v) is 11.3. The molecule has 0 radical (unpaired) electrons. The smallest absolute Gasteiger partial charge is 0.213 e. The van der Waals surface area contributed by atoms with Gasteiger partial charge in [-0.15, -0.1) is 21.8 Å². The Morgan fingerprint density at radius 2 is 2.22 bits per heavy atom. The van der Waals surface area contributed by atoms with Crippen LogP contribution in [0.2, 0.25) is 0 Å². The fraction of sp³-hybridized carbons (Fsp3) is 0.400. The molecular formula is C10H13ClN4O2S. The Bertz CT molecular complexity index is 640. The third kappa shape index (κ3) is 2.80. The van der Waals surface area contributed by atoms with Crippen molar-refractivity contribution in [2.45, 2.75) is 13.0 Å². The van der Waals surface area contributed by atoms with Crippen LogP contribution < -0.4 is 4.72 Å². The molecule has 0 amide bonds. The molecule has 0 bridgehead atoms. The number of aromatic nitrogens is 3. The lowest BCUT2D eigenvalue weighted by atomic mass is 10.3. The van der Waals surface area contributed by atoms with E-state index >= 15 is 0 Å². The molecule has 0 aliphatic rings. The van der Waals surface area contributed by atoms with Crippen LogP contribution >= 0.6 is 11.6 Å². The molecule has 0 aliphatic carbocycles. The number of alkyl halides is 1. The maximum Gasteiger partial charge on any atom is 0.213 e. The molecule has 2 rings (SSSR count). The number of hydrogen-bond donors (Lipinski definition) is 1. The summed E-state index contributed by atoms with van der Waals surface area (Å²) < 4.78 is 27.5. The number of halogens is 1. The van der Waals surface area contributed by atoms with E-state index < -0.39 is 16.1 Å². The van der Waals surface area contributed by atoms with Crippen LogP contribution in [0.1, 0.15) is 18.8 Å². The standard InChI is InChI=1S/C10H13ClN4O2S/c1-8(14-18(16,17)7-5-11)10-13-12-9-4-2-3-6-15(9)10/h2-4,6,8,14H,5,7H2,1H3. The molecule has 0 fully saturated rings. The molecule has 0 spiro atoms. The van der Waals surface area contributed by atoms with Gasteiger partial charge < -0.3 is 0 Å². The van der Waals surface area contributed by atoms with E-state index in [-0.39, 0.29) is 11.6 Å². The SMILES string of the molecule is CC(NS(=O)(=O)CCCl)c1nnc2ccccn12. The van der Waals surface area contributed by atoms with Crippen LogP contribution in [-0.2, 0) is 10.0 Å². The highest BCUT2D eigenvalue weighted by Crippen LogP contribution is 2.12. The van der Waals surface area contributed by atoms with Crippen molar-refractivity contribution >= 4 is 27.3 Å². The van der Waals surface area contributed by atoms with Crippen molar-refractivity contribution in [3.8, 4) is 0 Å². The summed E-state index contributed by atoms with van der Waals surface area (Å²) in [5, 5.41) is 7.96. The topological polar surface area (TPSA) is 76.4 Å². The van der Waals surface area contributed by atoms with Crippen molar-refractivity contribution in [2.24, 2.45) is 0 Å². The van der Waals surface area contributed by atoms with Crippen molar-refractivity contribution in [2.75, 3.05) is 11.6 Å². The minimum absolute atomic E-state index is 0.0582. The fourth-order valence-electron chi connectivity index (χ4n) is 1.64. The van der Waals surface area contributed by atoms with Crippen molar-refractivity contribution in [1.82, 2.24) is 19.3 Å². The molecule has 0 saturated heterocycles. The molecule has 0 aromatic carbocycles. The van der Waals surface area contributed by atoms with Crippen LogP contribution in [0.3, 0.4) is 0 Å². The Hall–Kier alpha value is -1.18. The monoisotopic (exact) mass is 288 g/mol. The van der Waals surface area contributed by atoms with Crippen LogP contribution in [0.15, 0.2) is 24.4 Å². The molecule has 98 valence electrons. The molecule has 2 aromatic rings. The van der Waals surface area contributed by atoms with E-state index in [2.05, 4.69) is 14.9 Å². The van der Waals surface area contributed by atoms with Gasteiger partial charge in [0.05, 0.1) is 11.8 Å². The highest BCUT2D eigenvalue weighted by Gasteiger charge is 2.19. The molecule has 1 N–H and O–H groups in total. The van der Waals surface area contributed by atoms with Gasteiger partial charge in [-0.1, -0.05) is 6.07 Å². The number of rotatable bonds is 5. The lowest BCUT2D eigenvalue weighted by molar-refractivity contribution is 0.559. The highest BCUT2D eigenvalue weighted by atomic mass is 35.5. The van der Waals surface area contributed by atoms with Gasteiger partial charge in [-0.3, -0.25) is 4.40 Å². The Morgan fingerprint density at radius 3 is 2.94 bits per heavy atom. The van der Waals surface area contributed by atoms with Crippen molar-refractivity contribution in [3.05, 3.63) is 30.2 Å². The van der Waals surface area contributed by atoms with E-state index in [0.717, 1.165) is 0 Å². The second kappa shape index (κ2) is 5.21. The first kappa shape index (κ1) is 13.3. The Morgan fingerprint density at radius 1 is 1.44 bits per heavy atom. The minimum Gasteiger partial charge on any atom is -0.285 e. The molecule has 18 heavy (non-hydrogen) atoms. The van der Waals surface area contributed by atoms with Gasteiger partial charge in [-0.25, -0.2) is 13.1 Å². The molecule has 8 heteroatoms. The van der Waals surface area contributed by atoms with Gasteiger partial charge >= 0.3 is 0 Å². The van der Waals surface area contributed by atoms with Gasteiger partial charge in [0.2, 0.25) is 10.0 Å². The van der Waals surface area contributed by atoms with Gasteiger partial charge in [0.1, 0.15) is 0 Å². The summed E-state index contributed by atoms with van der Waals surface area (Å²) in [6, 6.07) is 5.02. The van der Waals surface area contributed by atoms with Gasteiger partial charge in [-0.05, 0) is 19.1 Å². The van der Waals surface area contributed by atoms with Crippen LogP contribution in [0.5, 0.6) is 0 Å². The second-order valence-electron chi connectivity index (χ2n) is 3.83. The summed E-state index contributed by atoms with van der Waals surface area (Å²) in [5.74, 6) is 0.488. The van der Waals surface area contributed by atoms with Crippen LogP contribution in [0.4, 0.5) is 0 Å². The first-order chi connectivity index (χ1) is 8.53. The molecular weight excluding hydrogens is 276 g/mol. The van der Waals surface area contributed by atoms with Crippen molar-refractivity contribution < 1.29 is 8.42 Å². The van der Waals surface area contributed by atoms with Crippen LogP contribution in [0, 0.1) is 0 Å². The lowest BCUT2D eigenvalue weighted by Crippen LogP contribution is -2.30. The first-order valence-electron chi connectivity index (χ1n) is 5.39. The van der Waals surface area contributed by atoms with Crippen LogP contribution in [0.25, 0.3) is 5.65 Å². The number of nitrogens with one attached hydrogen (secondary N) is 1. The number of fused-ring (bicyclic) bond motifs is 1. The average molecular weight is 289 g/mol. The summed E-state index contributed by atoms with van der Waals surface area (Å²) in [6.45, 7) is 1.72. The maximum atomic E-state index is 11.6. The molecule has 1 atom stereocenters. The summed E-state index contributed by atoms with van der Waals surface area (Å²) >= 11 is 5.44. The number of hydrogen-bond acceptors (Lipinski definition) is 4. The third-order valence-electron chi connectivity index (χ3n) is 2.43. The second-order valence-corrected chi connectivity index (χ2v) is 6.09. The Kier molecular flexibility index (Phi) is 3.84. The third-order valence-corrected chi connectivity index (χ3v) is 4.30. The summed E-state index contributed by atoms with van der Waals surface area (Å²) in [7, 11) is -3.39.